The molecule has 3 nitrogen and oxygen atoms in total. The number of hydrogen-bond acceptors (Lipinski definition) is 3. The van der Waals surface area contributed by atoms with Gasteiger partial charge < -0.3 is 9.84 Å². The lowest BCUT2D eigenvalue weighted by Crippen LogP contribution is -2.23. The molecule has 0 aliphatic rings. The van der Waals surface area contributed by atoms with Crippen molar-refractivity contribution in [3.63, 3.8) is 0 Å². The summed E-state index contributed by atoms with van der Waals surface area (Å²) in [5, 5.41) is 12.1. The van der Waals surface area contributed by atoms with Crippen LogP contribution in [0.2, 0.25) is 0 Å². The van der Waals surface area contributed by atoms with Crippen LogP contribution in [0.3, 0.4) is 0 Å². The predicted molar refractivity (Wildman–Crippen MR) is 83.4 cm³/mol. The molecule has 1 aromatic heterocycles. The van der Waals surface area contributed by atoms with Crippen molar-refractivity contribution < 1.29 is 9.84 Å². The summed E-state index contributed by atoms with van der Waals surface area (Å²) in [4.78, 5) is 4.42. The number of methoxy groups -OCH3 is 1. The van der Waals surface area contributed by atoms with Crippen molar-refractivity contribution in [1.29, 1.82) is 0 Å². The summed E-state index contributed by atoms with van der Waals surface area (Å²) in [6.07, 6.45) is 1.74. The summed E-state index contributed by atoms with van der Waals surface area (Å²) in [7, 11) is 1.62. The molecule has 0 saturated carbocycles. The number of aromatic nitrogens is 1. The summed E-state index contributed by atoms with van der Waals surface area (Å²) in [6, 6.07) is 17.2. The topological polar surface area (TPSA) is 42.4 Å². The Morgan fingerprint density at radius 3 is 2.62 bits per heavy atom. The van der Waals surface area contributed by atoms with Gasteiger partial charge in [0.1, 0.15) is 11.4 Å². The lowest BCUT2D eigenvalue weighted by molar-refractivity contribution is 0.103. The number of rotatable bonds is 3. The highest BCUT2D eigenvalue weighted by molar-refractivity contribution is 5.82. The number of hydrogen-bond donors (Lipinski definition) is 1. The van der Waals surface area contributed by atoms with Gasteiger partial charge in [-0.25, -0.2) is 0 Å². The molecule has 0 amide bonds. The molecule has 0 fully saturated rings. The zero-order chi connectivity index (χ0) is 14.9. The molecule has 3 aromatic rings. The fraction of sp³-hybridized carbons (Fsp3) is 0.167. The number of aliphatic hydroxyl groups is 1. The fourth-order valence-electron chi connectivity index (χ4n) is 2.58. The second-order valence-corrected chi connectivity index (χ2v) is 5.18. The number of ether oxygens (including phenoxy) is 1. The van der Waals surface area contributed by atoms with E-state index in [9.17, 15) is 5.11 Å². The molecule has 0 bridgehead atoms. The molecule has 1 N–H and O–H groups in total. The summed E-state index contributed by atoms with van der Waals surface area (Å²) < 4.78 is 5.25. The van der Waals surface area contributed by atoms with E-state index in [1.54, 1.807) is 20.2 Å². The molecule has 0 aliphatic carbocycles. The largest absolute Gasteiger partial charge is 0.497 e. The van der Waals surface area contributed by atoms with Crippen LogP contribution in [-0.2, 0) is 5.60 Å². The van der Waals surface area contributed by atoms with E-state index in [2.05, 4.69) is 4.98 Å². The van der Waals surface area contributed by atoms with E-state index in [0.29, 0.717) is 0 Å². The molecule has 1 unspecified atom stereocenters. The first-order valence-corrected chi connectivity index (χ1v) is 6.84. The molecule has 106 valence electrons. The Bertz CT molecular complexity index is 776. The average Bonchev–Trinajstić information content (AvgIpc) is 2.54. The van der Waals surface area contributed by atoms with Crippen LogP contribution in [0.5, 0.6) is 5.75 Å². The van der Waals surface area contributed by atoms with Gasteiger partial charge >= 0.3 is 0 Å². The van der Waals surface area contributed by atoms with Crippen molar-refractivity contribution in [3.05, 3.63) is 71.9 Å². The number of pyridine rings is 1. The van der Waals surface area contributed by atoms with Gasteiger partial charge in [-0.05, 0) is 30.7 Å². The Labute approximate surface area is 123 Å². The Morgan fingerprint density at radius 1 is 1.05 bits per heavy atom. The van der Waals surface area contributed by atoms with Crippen LogP contribution in [0.1, 0.15) is 18.1 Å². The van der Waals surface area contributed by atoms with Crippen molar-refractivity contribution in [2.24, 2.45) is 0 Å². The van der Waals surface area contributed by atoms with Crippen LogP contribution in [0.15, 0.2) is 60.8 Å². The van der Waals surface area contributed by atoms with Gasteiger partial charge in [0.2, 0.25) is 0 Å². The maximum atomic E-state index is 11.1. The van der Waals surface area contributed by atoms with Gasteiger partial charge in [0.25, 0.3) is 0 Å². The lowest BCUT2D eigenvalue weighted by atomic mass is 9.86. The quantitative estimate of drug-likeness (QED) is 0.798. The maximum Gasteiger partial charge on any atom is 0.119 e. The normalized spacial score (nSPS) is 13.9. The van der Waals surface area contributed by atoms with Crippen molar-refractivity contribution in [3.8, 4) is 5.75 Å². The Balaban J connectivity index is 2.19. The van der Waals surface area contributed by atoms with Crippen LogP contribution < -0.4 is 4.74 Å². The highest BCUT2D eigenvalue weighted by atomic mass is 16.5. The first-order chi connectivity index (χ1) is 10.1. The van der Waals surface area contributed by atoms with Gasteiger partial charge in [-0.1, -0.05) is 36.4 Å². The fourth-order valence-corrected chi connectivity index (χ4v) is 2.58. The summed E-state index contributed by atoms with van der Waals surface area (Å²) >= 11 is 0. The zero-order valence-corrected chi connectivity index (χ0v) is 12.1. The van der Waals surface area contributed by atoms with Crippen molar-refractivity contribution in [1.82, 2.24) is 4.98 Å². The summed E-state index contributed by atoms with van der Waals surface area (Å²) in [6.45, 7) is 1.78. The van der Waals surface area contributed by atoms with Crippen LogP contribution in [0.25, 0.3) is 10.9 Å². The van der Waals surface area contributed by atoms with Gasteiger partial charge in [0.15, 0.2) is 0 Å². The molecule has 21 heavy (non-hydrogen) atoms. The van der Waals surface area contributed by atoms with Crippen molar-refractivity contribution in [2.45, 2.75) is 12.5 Å². The van der Waals surface area contributed by atoms with E-state index >= 15 is 0 Å². The van der Waals surface area contributed by atoms with Crippen LogP contribution in [0, 0.1) is 0 Å². The van der Waals surface area contributed by atoms with E-state index in [4.69, 9.17) is 4.74 Å². The third-order valence-electron chi connectivity index (χ3n) is 3.79. The molecule has 0 saturated heterocycles. The minimum atomic E-state index is -1.14. The summed E-state index contributed by atoms with van der Waals surface area (Å²) in [5.74, 6) is 0.723. The van der Waals surface area contributed by atoms with E-state index < -0.39 is 5.60 Å². The van der Waals surface area contributed by atoms with Crippen molar-refractivity contribution >= 4 is 10.9 Å². The van der Waals surface area contributed by atoms with Gasteiger partial charge in [-0.2, -0.15) is 0 Å². The van der Waals surface area contributed by atoms with E-state index in [-0.39, 0.29) is 0 Å². The lowest BCUT2D eigenvalue weighted by Gasteiger charge is -2.26. The summed E-state index contributed by atoms with van der Waals surface area (Å²) in [5.41, 5.74) is 1.24. The number of para-hydroxylation sites is 1. The van der Waals surface area contributed by atoms with Gasteiger partial charge in [0, 0.05) is 17.1 Å². The molecule has 0 aliphatic heterocycles. The highest BCUT2D eigenvalue weighted by Gasteiger charge is 2.28. The van der Waals surface area contributed by atoms with Gasteiger partial charge in [0.05, 0.1) is 12.6 Å². The molecule has 0 spiro atoms. The molecule has 2 aromatic carbocycles. The number of fused-ring (bicyclic) bond motifs is 1. The number of nitrogens with zero attached hydrogens (tertiary/aromatic N) is 1. The Hall–Kier alpha value is -2.39. The van der Waals surface area contributed by atoms with Gasteiger partial charge in [-0.15, -0.1) is 0 Å². The molecule has 3 heteroatoms. The molecule has 1 atom stereocenters. The minimum Gasteiger partial charge on any atom is -0.497 e. The van der Waals surface area contributed by atoms with Crippen LogP contribution >= 0.6 is 0 Å². The third kappa shape index (κ3) is 2.36. The first-order valence-electron chi connectivity index (χ1n) is 6.84. The molecule has 1 heterocycles. The molecule has 0 radical (unpaired) electrons. The second kappa shape index (κ2) is 5.19. The molecular weight excluding hydrogens is 262 g/mol. The van der Waals surface area contributed by atoms with Crippen molar-refractivity contribution in [2.75, 3.05) is 7.11 Å². The third-order valence-corrected chi connectivity index (χ3v) is 3.79. The zero-order valence-electron chi connectivity index (χ0n) is 12.1. The monoisotopic (exact) mass is 279 g/mol. The van der Waals surface area contributed by atoms with E-state index in [1.807, 2.05) is 54.6 Å². The SMILES string of the molecule is COc1cccc(C(C)(O)c2cccc3cccnc23)c1. The second-order valence-electron chi connectivity index (χ2n) is 5.18. The van der Waals surface area contributed by atoms with Crippen LogP contribution in [0.4, 0.5) is 0 Å². The van der Waals surface area contributed by atoms with Crippen LogP contribution in [-0.4, -0.2) is 17.2 Å². The average molecular weight is 279 g/mol. The molecule has 3 rings (SSSR count). The predicted octanol–water partition coefficient (Wildman–Crippen LogP) is 3.50. The van der Waals surface area contributed by atoms with Gasteiger partial charge in [-0.3, -0.25) is 4.98 Å². The maximum absolute atomic E-state index is 11.1. The van der Waals surface area contributed by atoms with E-state index in [0.717, 1.165) is 27.8 Å². The smallest absolute Gasteiger partial charge is 0.119 e. The Kier molecular flexibility index (Phi) is 3.35. The molecular formula is C18H17NO2. The standard InChI is InChI=1S/C18H17NO2/c1-18(20,14-8-4-9-15(12-14)21-2)16-10-3-6-13-7-5-11-19-17(13)16/h3-12,20H,1-2H3. The van der Waals surface area contributed by atoms with E-state index in [1.165, 1.54) is 0 Å². The highest BCUT2D eigenvalue weighted by Crippen LogP contribution is 2.34. The minimum absolute atomic E-state index is 0.723. The number of benzene rings is 2. The Morgan fingerprint density at radius 2 is 1.81 bits per heavy atom. The first kappa shape index (κ1) is 13.6.